The van der Waals surface area contributed by atoms with Crippen molar-refractivity contribution in [1.29, 1.82) is 5.26 Å². The average Bonchev–Trinajstić information content (AvgIpc) is 2.96. The van der Waals surface area contributed by atoms with Gasteiger partial charge in [-0.2, -0.15) is 5.26 Å². The van der Waals surface area contributed by atoms with Gasteiger partial charge in [-0.3, -0.25) is 9.69 Å². The third-order valence-corrected chi connectivity index (χ3v) is 7.29. The standard InChI is InChI=1S/C32H37FN6O2/c1-38(2)18-15-35-31(40)28-7-4-8-30(37-32(41)36-27-6-3-5-25(20-27)21-34)29(28)22-39-16-13-24(14-17-39)19-23-9-11-26(33)12-10-23/h3-12,20,24H,13-19,22H2,1-2H3,(H,35,40)(H2,36,37,41). The third-order valence-electron chi connectivity index (χ3n) is 7.29. The second-order valence-electron chi connectivity index (χ2n) is 10.7. The van der Waals surface area contributed by atoms with E-state index in [1.165, 1.54) is 12.1 Å². The molecule has 1 aliphatic heterocycles. The van der Waals surface area contributed by atoms with E-state index in [1.807, 2.05) is 31.1 Å². The number of carbonyl (C=O) groups is 2. The van der Waals surface area contributed by atoms with E-state index in [0.717, 1.165) is 43.5 Å². The Hall–Kier alpha value is -4.26. The first-order valence-corrected chi connectivity index (χ1v) is 13.9. The van der Waals surface area contributed by atoms with Gasteiger partial charge in [0.15, 0.2) is 0 Å². The fourth-order valence-corrected chi connectivity index (χ4v) is 5.05. The molecule has 0 unspecified atom stereocenters. The average molecular weight is 557 g/mol. The number of anilines is 2. The van der Waals surface area contributed by atoms with E-state index in [1.54, 1.807) is 42.5 Å². The van der Waals surface area contributed by atoms with E-state index in [4.69, 9.17) is 5.26 Å². The Bertz CT molecular complexity index is 1380. The van der Waals surface area contributed by atoms with Crippen LogP contribution >= 0.6 is 0 Å². The molecule has 0 radical (unpaired) electrons. The van der Waals surface area contributed by atoms with Crippen LogP contribution in [0.1, 0.15) is 39.9 Å². The SMILES string of the molecule is CN(C)CCNC(=O)c1cccc(NC(=O)Nc2cccc(C#N)c2)c1CN1CCC(Cc2ccc(F)cc2)CC1. The van der Waals surface area contributed by atoms with Gasteiger partial charge in [0, 0.05) is 42.1 Å². The molecule has 1 saturated heterocycles. The molecule has 0 aromatic heterocycles. The molecule has 3 amide bonds. The van der Waals surface area contributed by atoms with E-state index in [9.17, 15) is 14.0 Å². The van der Waals surface area contributed by atoms with E-state index in [-0.39, 0.29) is 11.7 Å². The number of nitriles is 1. The number of halogens is 1. The molecule has 0 aliphatic carbocycles. The summed E-state index contributed by atoms with van der Waals surface area (Å²) >= 11 is 0. The molecular formula is C32H37FN6O2. The van der Waals surface area contributed by atoms with Crippen LogP contribution < -0.4 is 16.0 Å². The van der Waals surface area contributed by atoms with Crippen LogP contribution in [0.25, 0.3) is 0 Å². The second kappa shape index (κ2) is 14.4. The van der Waals surface area contributed by atoms with Crippen LogP contribution in [-0.4, -0.2) is 62.0 Å². The van der Waals surface area contributed by atoms with Crippen LogP contribution in [0.3, 0.4) is 0 Å². The van der Waals surface area contributed by atoms with Crippen LogP contribution in [0.5, 0.6) is 0 Å². The first kappa shape index (κ1) is 29.7. The lowest BCUT2D eigenvalue weighted by Gasteiger charge is -2.33. The lowest BCUT2D eigenvalue weighted by atomic mass is 9.90. The number of likely N-dealkylation sites (tertiary alicyclic amines) is 1. The van der Waals surface area contributed by atoms with Gasteiger partial charge < -0.3 is 20.9 Å². The minimum Gasteiger partial charge on any atom is -0.351 e. The topological polar surface area (TPSA) is 100 Å². The van der Waals surface area contributed by atoms with E-state index < -0.39 is 6.03 Å². The summed E-state index contributed by atoms with van der Waals surface area (Å²) in [7, 11) is 3.90. The van der Waals surface area contributed by atoms with E-state index in [2.05, 4.69) is 26.9 Å². The van der Waals surface area contributed by atoms with Crippen molar-refractivity contribution in [2.45, 2.75) is 25.8 Å². The molecule has 214 valence electrons. The summed E-state index contributed by atoms with van der Waals surface area (Å²) in [5.41, 5.74) is 3.94. The Morgan fingerprint density at radius 3 is 2.46 bits per heavy atom. The van der Waals surface area contributed by atoms with Gasteiger partial charge in [0.1, 0.15) is 5.82 Å². The molecule has 9 heteroatoms. The number of hydrogen-bond donors (Lipinski definition) is 3. The van der Waals surface area contributed by atoms with Crippen molar-refractivity contribution in [3.8, 4) is 6.07 Å². The van der Waals surface area contributed by atoms with Crippen molar-refractivity contribution >= 4 is 23.3 Å². The zero-order valence-corrected chi connectivity index (χ0v) is 23.6. The van der Waals surface area contributed by atoms with Gasteiger partial charge in [0.25, 0.3) is 5.91 Å². The van der Waals surface area contributed by atoms with E-state index in [0.29, 0.717) is 48.1 Å². The highest BCUT2D eigenvalue weighted by molar-refractivity contribution is 6.03. The first-order valence-electron chi connectivity index (χ1n) is 13.9. The van der Waals surface area contributed by atoms with Gasteiger partial charge in [-0.25, -0.2) is 9.18 Å². The minimum absolute atomic E-state index is 0.182. The van der Waals surface area contributed by atoms with Gasteiger partial charge in [-0.1, -0.05) is 24.3 Å². The Kier molecular flexibility index (Phi) is 10.4. The number of urea groups is 1. The highest BCUT2D eigenvalue weighted by Gasteiger charge is 2.23. The van der Waals surface area contributed by atoms with Crippen molar-refractivity contribution in [3.05, 3.63) is 94.8 Å². The molecule has 1 aliphatic rings. The largest absolute Gasteiger partial charge is 0.351 e. The zero-order valence-electron chi connectivity index (χ0n) is 23.6. The summed E-state index contributed by atoms with van der Waals surface area (Å²) in [6.07, 6.45) is 2.90. The van der Waals surface area contributed by atoms with Crippen molar-refractivity contribution in [2.75, 3.05) is 50.9 Å². The van der Waals surface area contributed by atoms with Crippen LogP contribution in [-0.2, 0) is 13.0 Å². The van der Waals surface area contributed by atoms with Crippen molar-refractivity contribution in [1.82, 2.24) is 15.1 Å². The molecule has 3 aromatic rings. The minimum atomic E-state index is -0.454. The van der Waals surface area contributed by atoms with Crippen LogP contribution in [0.4, 0.5) is 20.6 Å². The van der Waals surface area contributed by atoms with Gasteiger partial charge in [-0.15, -0.1) is 0 Å². The summed E-state index contributed by atoms with van der Waals surface area (Å²) in [5.74, 6) is 0.106. The lowest BCUT2D eigenvalue weighted by Crippen LogP contribution is -2.36. The highest BCUT2D eigenvalue weighted by atomic mass is 19.1. The molecule has 0 saturated carbocycles. The third kappa shape index (κ3) is 8.87. The molecule has 4 rings (SSSR count). The Labute approximate surface area is 241 Å². The number of carbonyl (C=O) groups excluding carboxylic acids is 2. The van der Waals surface area contributed by atoms with Crippen LogP contribution in [0.2, 0.25) is 0 Å². The van der Waals surface area contributed by atoms with Crippen LogP contribution in [0, 0.1) is 23.1 Å². The van der Waals surface area contributed by atoms with Crippen molar-refractivity contribution < 1.29 is 14.0 Å². The maximum absolute atomic E-state index is 13.3. The fraction of sp³-hybridized carbons (Fsp3) is 0.344. The number of likely N-dealkylation sites (N-methyl/N-ethyl adjacent to an activating group) is 1. The molecule has 3 aromatic carbocycles. The fourth-order valence-electron chi connectivity index (χ4n) is 5.05. The summed E-state index contributed by atoms with van der Waals surface area (Å²) in [6, 6.07) is 20.4. The number of piperidine rings is 1. The maximum Gasteiger partial charge on any atom is 0.323 e. The molecule has 1 heterocycles. The predicted octanol–water partition coefficient (Wildman–Crippen LogP) is 5.09. The highest BCUT2D eigenvalue weighted by Crippen LogP contribution is 2.27. The summed E-state index contributed by atoms with van der Waals surface area (Å²) in [4.78, 5) is 30.5. The molecule has 0 bridgehead atoms. The molecule has 3 N–H and O–H groups in total. The second-order valence-corrected chi connectivity index (χ2v) is 10.7. The maximum atomic E-state index is 13.3. The quantitative estimate of drug-likeness (QED) is 0.323. The number of hydrogen-bond acceptors (Lipinski definition) is 5. The van der Waals surface area contributed by atoms with Gasteiger partial charge in [-0.05, 0) is 100 Å². The van der Waals surface area contributed by atoms with Gasteiger partial charge in [0.2, 0.25) is 0 Å². The number of nitrogens with one attached hydrogen (secondary N) is 3. The number of amides is 3. The molecule has 41 heavy (non-hydrogen) atoms. The van der Waals surface area contributed by atoms with E-state index >= 15 is 0 Å². The monoisotopic (exact) mass is 556 g/mol. The molecular weight excluding hydrogens is 519 g/mol. The predicted molar refractivity (Wildman–Crippen MR) is 159 cm³/mol. The normalized spacial score (nSPS) is 13.9. The van der Waals surface area contributed by atoms with Crippen LogP contribution in [0.15, 0.2) is 66.7 Å². The Morgan fingerprint density at radius 1 is 1.02 bits per heavy atom. The summed E-state index contributed by atoms with van der Waals surface area (Å²) in [6.45, 7) is 3.45. The molecule has 1 fully saturated rings. The molecule has 8 nitrogen and oxygen atoms in total. The smallest absolute Gasteiger partial charge is 0.323 e. The van der Waals surface area contributed by atoms with Gasteiger partial charge >= 0.3 is 6.03 Å². The Morgan fingerprint density at radius 2 is 1.76 bits per heavy atom. The zero-order chi connectivity index (χ0) is 29.2. The van der Waals surface area contributed by atoms with Crippen molar-refractivity contribution in [2.24, 2.45) is 5.92 Å². The lowest BCUT2D eigenvalue weighted by molar-refractivity contribution is 0.0948. The number of rotatable bonds is 10. The number of nitrogens with zero attached hydrogens (tertiary/aromatic N) is 3. The molecule has 0 atom stereocenters. The summed E-state index contributed by atoms with van der Waals surface area (Å²) < 4.78 is 13.3. The first-order chi connectivity index (χ1) is 19.8. The van der Waals surface area contributed by atoms with Gasteiger partial charge in [0.05, 0.1) is 11.6 Å². The van der Waals surface area contributed by atoms with Crippen molar-refractivity contribution in [3.63, 3.8) is 0 Å². The molecule has 0 spiro atoms. The number of benzene rings is 3. The summed E-state index contributed by atoms with van der Waals surface area (Å²) in [5, 5.41) is 17.9. The Balaban J connectivity index is 1.47.